The number of allylic oxidation sites excluding steroid dienone is 5. The summed E-state index contributed by atoms with van der Waals surface area (Å²) in [7, 11) is 0. The third-order valence-electron chi connectivity index (χ3n) is 18.9. The van der Waals surface area contributed by atoms with Gasteiger partial charge in [0, 0.05) is 12.8 Å². The Labute approximate surface area is 551 Å². The van der Waals surface area contributed by atoms with Gasteiger partial charge in [-0.05, 0) is 83.5 Å². The van der Waals surface area contributed by atoms with Crippen molar-refractivity contribution in [1.82, 2.24) is 5.32 Å². The molecule has 0 spiro atoms. The summed E-state index contributed by atoms with van der Waals surface area (Å²) in [6.07, 6.45) is 101. The van der Waals surface area contributed by atoms with E-state index in [0.717, 1.165) is 38.5 Å². The van der Waals surface area contributed by atoms with E-state index in [1.54, 1.807) is 6.08 Å². The Kier molecular flexibility index (Phi) is 75.8. The van der Waals surface area contributed by atoms with Crippen molar-refractivity contribution in [3.63, 3.8) is 0 Å². The number of unbranched alkanes of at least 4 members (excludes halogenated alkanes) is 61. The molecule has 0 aliphatic heterocycles. The average molecular weight is 1240 g/mol. The summed E-state index contributed by atoms with van der Waals surface area (Å²) in [5.74, 6) is -0.0405. The van der Waals surface area contributed by atoms with Gasteiger partial charge in [0.2, 0.25) is 5.91 Å². The maximum absolute atomic E-state index is 12.5. The van der Waals surface area contributed by atoms with Crippen LogP contribution in [0.25, 0.3) is 0 Å². The number of aliphatic hydroxyl groups is 2. The van der Waals surface area contributed by atoms with Crippen molar-refractivity contribution in [3.8, 4) is 0 Å². The third kappa shape index (κ3) is 73.1. The molecule has 0 aromatic rings. The topological polar surface area (TPSA) is 95.9 Å². The van der Waals surface area contributed by atoms with E-state index in [2.05, 4.69) is 43.5 Å². The molecule has 0 heterocycles. The van der Waals surface area contributed by atoms with E-state index in [0.29, 0.717) is 19.4 Å². The summed E-state index contributed by atoms with van der Waals surface area (Å²) in [6, 6.07) is -0.626. The van der Waals surface area contributed by atoms with Crippen molar-refractivity contribution in [1.29, 1.82) is 0 Å². The minimum absolute atomic E-state index is 0.0204. The van der Waals surface area contributed by atoms with Gasteiger partial charge in [-0.15, -0.1) is 0 Å². The number of amides is 1. The molecule has 2 atom stereocenters. The van der Waals surface area contributed by atoms with Crippen LogP contribution in [-0.2, 0) is 14.3 Å². The van der Waals surface area contributed by atoms with Gasteiger partial charge in [0.15, 0.2) is 0 Å². The van der Waals surface area contributed by atoms with Crippen molar-refractivity contribution >= 4 is 11.9 Å². The van der Waals surface area contributed by atoms with Gasteiger partial charge in [-0.3, -0.25) is 9.59 Å². The molecule has 2 unspecified atom stereocenters. The van der Waals surface area contributed by atoms with Crippen molar-refractivity contribution in [3.05, 3.63) is 36.5 Å². The normalized spacial score (nSPS) is 12.6. The molecule has 0 rings (SSSR count). The number of carbonyl (C=O) groups excluding carboxylic acids is 2. The second kappa shape index (κ2) is 77.5. The highest BCUT2D eigenvalue weighted by Crippen LogP contribution is 2.20. The van der Waals surface area contributed by atoms with E-state index >= 15 is 0 Å². The van der Waals surface area contributed by atoms with E-state index < -0.39 is 12.1 Å². The zero-order valence-corrected chi connectivity index (χ0v) is 59.7. The van der Waals surface area contributed by atoms with Crippen LogP contribution < -0.4 is 5.32 Å². The Balaban J connectivity index is 3.34. The lowest BCUT2D eigenvalue weighted by Crippen LogP contribution is -2.45. The molecule has 0 radical (unpaired) electrons. The maximum atomic E-state index is 12.5. The minimum atomic E-state index is -0.842. The van der Waals surface area contributed by atoms with Gasteiger partial charge in [0.1, 0.15) is 0 Å². The fourth-order valence-electron chi connectivity index (χ4n) is 12.7. The Morgan fingerprint density at radius 2 is 0.534 bits per heavy atom. The van der Waals surface area contributed by atoms with E-state index in [1.807, 2.05) is 6.08 Å². The lowest BCUT2D eigenvalue weighted by Gasteiger charge is -2.20. The zero-order valence-electron chi connectivity index (χ0n) is 59.7. The van der Waals surface area contributed by atoms with E-state index in [4.69, 9.17) is 4.74 Å². The highest BCUT2D eigenvalue weighted by molar-refractivity contribution is 5.76. The molecule has 0 bridgehead atoms. The number of hydrogen-bond acceptors (Lipinski definition) is 5. The molecule has 88 heavy (non-hydrogen) atoms. The number of rotatable bonds is 76. The number of aliphatic hydroxyl groups excluding tert-OH is 2. The number of carbonyl (C=O) groups is 2. The standard InChI is InChI=1S/C82H157NO5/c1-3-5-7-9-11-13-15-17-19-21-39-44-48-52-56-60-64-68-72-76-82(87)88-77-73-69-65-61-57-53-49-45-41-38-36-34-32-30-28-26-24-22-23-25-27-29-31-33-35-37-40-43-47-51-55-59-63-67-71-75-81(86)83-79(78-84)80(85)74-70-66-62-58-54-50-46-42-20-18-16-14-12-10-8-6-4-2/h17,19,24,26,70,74,79-80,84-85H,3-16,18,20-23,25,27-69,71-73,75-78H2,1-2H3,(H,83,86)/b19-17-,26-24-,74-70+. The summed E-state index contributed by atoms with van der Waals surface area (Å²) in [4.78, 5) is 24.6. The second-order valence-electron chi connectivity index (χ2n) is 27.7. The van der Waals surface area contributed by atoms with Crippen LogP contribution in [-0.4, -0.2) is 47.4 Å². The van der Waals surface area contributed by atoms with Gasteiger partial charge in [-0.2, -0.15) is 0 Å². The van der Waals surface area contributed by atoms with Crippen LogP contribution >= 0.6 is 0 Å². The Hall–Kier alpha value is -1.92. The minimum Gasteiger partial charge on any atom is -0.466 e. The predicted molar refractivity (Wildman–Crippen MR) is 389 cm³/mol. The lowest BCUT2D eigenvalue weighted by atomic mass is 10.0. The van der Waals surface area contributed by atoms with Crippen molar-refractivity contribution < 1.29 is 24.5 Å². The Morgan fingerprint density at radius 1 is 0.307 bits per heavy atom. The number of ether oxygens (including phenoxy) is 1. The quantitative estimate of drug-likeness (QED) is 0.0320. The summed E-state index contributed by atoms with van der Waals surface area (Å²) >= 11 is 0. The summed E-state index contributed by atoms with van der Waals surface area (Å²) in [5.41, 5.74) is 0. The van der Waals surface area contributed by atoms with Gasteiger partial charge in [-0.25, -0.2) is 0 Å². The van der Waals surface area contributed by atoms with Gasteiger partial charge >= 0.3 is 5.97 Å². The SMILES string of the molecule is CCCCCCCC/C=C\CCCCCCCCCCCC(=O)OCCCCCCCCCCCCCCCC/C=C\CCCCCCCCCCCCCCCCCCCC(=O)NC(CO)C(O)/C=C/CCCCCCCCCCCCCCCCC. The van der Waals surface area contributed by atoms with Crippen LogP contribution in [0.3, 0.4) is 0 Å². The number of esters is 1. The Morgan fingerprint density at radius 3 is 0.807 bits per heavy atom. The van der Waals surface area contributed by atoms with Gasteiger partial charge in [0.25, 0.3) is 0 Å². The molecule has 0 fully saturated rings. The molecule has 0 aromatic carbocycles. The average Bonchev–Trinajstić information content (AvgIpc) is 3.58. The van der Waals surface area contributed by atoms with Crippen LogP contribution in [0.5, 0.6) is 0 Å². The highest BCUT2D eigenvalue weighted by Gasteiger charge is 2.18. The molecule has 0 saturated heterocycles. The van der Waals surface area contributed by atoms with Crippen LogP contribution in [0.4, 0.5) is 0 Å². The van der Waals surface area contributed by atoms with E-state index in [9.17, 15) is 19.8 Å². The Bertz CT molecular complexity index is 1430. The molecule has 6 heteroatoms. The first kappa shape index (κ1) is 86.1. The van der Waals surface area contributed by atoms with E-state index in [1.165, 1.54) is 385 Å². The molecule has 3 N–H and O–H groups in total. The first-order valence-electron chi connectivity index (χ1n) is 40.3. The first-order valence-corrected chi connectivity index (χ1v) is 40.3. The summed E-state index contributed by atoms with van der Waals surface area (Å²) < 4.78 is 5.52. The smallest absolute Gasteiger partial charge is 0.305 e. The fraction of sp³-hybridized carbons (Fsp3) is 0.902. The van der Waals surface area contributed by atoms with Gasteiger partial charge in [-0.1, -0.05) is 391 Å². The zero-order chi connectivity index (χ0) is 63.5. The van der Waals surface area contributed by atoms with Crippen molar-refractivity contribution in [2.24, 2.45) is 0 Å². The van der Waals surface area contributed by atoms with Crippen LogP contribution in [0.2, 0.25) is 0 Å². The second-order valence-corrected chi connectivity index (χ2v) is 27.7. The fourth-order valence-corrected chi connectivity index (χ4v) is 12.7. The molecule has 1 amide bonds. The van der Waals surface area contributed by atoms with Crippen LogP contribution in [0.15, 0.2) is 36.5 Å². The molecular weight excluding hydrogens is 1080 g/mol. The van der Waals surface area contributed by atoms with Gasteiger partial charge < -0.3 is 20.3 Å². The molecule has 0 saturated carbocycles. The number of hydrogen-bond donors (Lipinski definition) is 3. The lowest BCUT2D eigenvalue weighted by molar-refractivity contribution is -0.143. The van der Waals surface area contributed by atoms with Crippen molar-refractivity contribution in [2.45, 2.75) is 463 Å². The summed E-state index contributed by atoms with van der Waals surface area (Å²) in [5, 5.41) is 23.2. The first-order chi connectivity index (χ1) is 43.5. The monoisotopic (exact) mass is 1240 g/mol. The highest BCUT2D eigenvalue weighted by atomic mass is 16.5. The van der Waals surface area contributed by atoms with E-state index in [-0.39, 0.29) is 18.5 Å². The maximum Gasteiger partial charge on any atom is 0.305 e. The van der Waals surface area contributed by atoms with Gasteiger partial charge in [0.05, 0.1) is 25.4 Å². The van der Waals surface area contributed by atoms with Crippen LogP contribution in [0, 0.1) is 0 Å². The number of nitrogens with one attached hydrogen (secondary N) is 1. The van der Waals surface area contributed by atoms with Crippen LogP contribution in [0.1, 0.15) is 450 Å². The summed E-state index contributed by atoms with van der Waals surface area (Å²) in [6.45, 7) is 4.95. The van der Waals surface area contributed by atoms with Crippen molar-refractivity contribution in [2.75, 3.05) is 13.2 Å². The third-order valence-corrected chi connectivity index (χ3v) is 18.9. The molecular formula is C82H157NO5. The largest absolute Gasteiger partial charge is 0.466 e. The molecule has 0 aliphatic rings. The molecule has 520 valence electrons. The molecule has 6 nitrogen and oxygen atoms in total. The molecule has 0 aromatic heterocycles. The predicted octanol–water partition coefficient (Wildman–Crippen LogP) is 26.6. The molecule has 0 aliphatic carbocycles.